The third-order valence-corrected chi connectivity index (χ3v) is 18.9. The molecule has 0 radical (unpaired) electrons. The SMILES string of the molecule is CC(=O)N[C@H]1[C@H](OC[C@H]2O[C@H](O[C@@H]([C@@H](O)[C@H](O)CO)[C@H](CO)NC(C)=O)[C@H](NC(C)=O)[C@@H](O[C@@H]3O[C@H](CO)[C@H](O)[C@H](O[C@]4(C(=O)O)C[C@H](O)[C@@H](NC(C)=O)[C@H]([C@H](O)[C@H](O)CO)O4)[C@H]3O)[C@H]2O)O[C@H](CO)[C@@H](O[C@@H]2O[C@H](CO)[C@H](O[C@@H]3O[C@H](CO)[C@H](O[C@H]4O[C@H](CO)[C@H](O)[C@H](O)[C@H]4O)[C@H](O)[C@H]3O)[C@H](O)[C@H]2O)[C@@H]1O. The van der Waals surface area contributed by atoms with Crippen LogP contribution in [0.25, 0.3) is 0 Å². The van der Waals surface area contributed by atoms with Gasteiger partial charge in [-0.15, -0.1) is 0 Å². The van der Waals surface area contributed by atoms with Crippen LogP contribution in [0.4, 0.5) is 0 Å². The first-order valence-corrected chi connectivity index (χ1v) is 33.7. The van der Waals surface area contributed by atoms with Gasteiger partial charge in [0.25, 0.3) is 5.79 Å². The Kier molecular flexibility index (Phi) is 33.3. The second kappa shape index (κ2) is 39.5. The highest BCUT2D eigenvalue weighted by molar-refractivity contribution is 5.77. The number of carbonyl (C=O) groups excluding carboxylic acids is 4. The number of aliphatic hydroxyl groups is 24. The summed E-state index contributed by atoms with van der Waals surface area (Å²) in [5.74, 6) is -9.32. The Bertz CT molecular complexity index is 2810. The Morgan fingerprint density at radius 1 is 0.421 bits per heavy atom. The molecule has 0 aromatic heterocycles. The van der Waals surface area contributed by atoms with E-state index in [0.717, 1.165) is 27.7 Å². The van der Waals surface area contributed by atoms with E-state index in [4.69, 9.17) is 66.3 Å². The van der Waals surface area contributed by atoms with E-state index < -0.39 is 340 Å². The molecule has 48 heteroatoms. The van der Waals surface area contributed by atoms with Crippen LogP contribution < -0.4 is 21.3 Å². The normalized spacial score (nSPS) is 43.8. The molecule has 40 atom stereocenters. The van der Waals surface area contributed by atoms with Crippen LogP contribution in [0.5, 0.6) is 0 Å². The molecule has 7 aliphatic rings. The van der Waals surface area contributed by atoms with Gasteiger partial charge in [0.1, 0.15) is 183 Å². The molecule has 7 heterocycles. The first kappa shape index (κ1) is 90.0. The molecule has 0 aromatic carbocycles. The van der Waals surface area contributed by atoms with Crippen LogP contribution in [0.3, 0.4) is 0 Å². The lowest BCUT2D eigenvalue weighted by molar-refractivity contribution is -0.387. The molecule has 7 fully saturated rings. The largest absolute Gasteiger partial charge is 0.477 e. The average Bonchev–Trinajstić information content (AvgIpc) is 0.759. The fourth-order valence-corrected chi connectivity index (χ4v) is 13.3. The quantitative estimate of drug-likeness (QED) is 0.0290. The lowest BCUT2D eigenvalue weighted by atomic mass is 9.88. The molecule has 0 aromatic rings. The summed E-state index contributed by atoms with van der Waals surface area (Å²) in [5, 5.41) is 282. The van der Waals surface area contributed by atoms with Crippen LogP contribution in [0.2, 0.25) is 0 Å². The zero-order valence-corrected chi connectivity index (χ0v) is 57.5. The van der Waals surface area contributed by atoms with Crippen molar-refractivity contribution in [2.45, 2.75) is 279 Å². The predicted octanol–water partition coefficient (Wildman–Crippen LogP) is -19.0. The van der Waals surface area contributed by atoms with Gasteiger partial charge in [-0.25, -0.2) is 4.79 Å². The summed E-state index contributed by atoms with van der Waals surface area (Å²) in [6, 6.07) is -7.56. The molecule has 7 rings (SSSR count). The maximum absolute atomic E-state index is 13.3. The van der Waals surface area contributed by atoms with E-state index in [-0.39, 0.29) is 0 Å². The third kappa shape index (κ3) is 20.6. The molecule has 0 saturated carbocycles. The maximum Gasteiger partial charge on any atom is 0.364 e. The van der Waals surface area contributed by atoms with Crippen LogP contribution in [-0.2, 0) is 90.3 Å². The summed E-state index contributed by atoms with van der Waals surface area (Å²) in [7, 11) is 0. The van der Waals surface area contributed by atoms with Gasteiger partial charge in [-0.3, -0.25) is 19.2 Å². The van der Waals surface area contributed by atoms with Crippen molar-refractivity contribution in [3.8, 4) is 0 Å². The zero-order chi connectivity index (χ0) is 79.7. The highest BCUT2D eigenvalue weighted by Gasteiger charge is 2.62. The summed E-state index contributed by atoms with van der Waals surface area (Å²) in [6.45, 7) is -6.54. The van der Waals surface area contributed by atoms with Crippen molar-refractivity contribution in [1.82, 2.24) is 21.3 Å². The lowest BCUT2D eigenvalue weighted by Crippen LogP contribution is -2.71. The minimum absolute atomic E-state index is 0.876. The Balaban J connectivity index is 1.16. The standard InChI is InChI=1S/C59H100N4O44/c1-15(72)60-19(6-64)45(32(79)21(77)7-65)101-53-31(63-18(4)75)49(105-57-44(91)51(35(82)24(10-68)96-57)107-59(58(92)93)5-20(76)29(61-16(2)73)50(106-59)33(80)22(78)8-66)36(83)28(100-53)14-94-52-30(62-17(3)74)37(84)46(25(11-69)97-52)102-55-42(89)39(86)48(27(13-71)98-55)104-56-43(90)40(87)47(26(12-70)99-56)103-54-41(88)38(85)34(81)23(9-67)95-54/h19-57,64-71,76-91H,5-14H2,1-4H3,(H,60,72)(H,61,73)(H,62,74)(H,63,75)(H,92,93)/t19-,20-,21+,22+,23+,24+,25+,26+,27+,28+,29+,30+,31+,32-,33+,34-,35-,36-,37+,38-,39+,40+,41+,42+,43+,44+,45+,46+,47-,48-,49+,50+,51-,52+,53+,54+,55-,56-,57-,59-/m0/s1. The monoisotopic (exact) mass is 1570 g/mol. The molecule has 48 nitrogen and oxygen atoms in total. The molecular formula is C59H100N4O44. The van der Waals surface area contributed by atoms with Crippen LogP contribution >= 0.6 is 0 Å². The topological polar surface area (TPSA) is 768 Å². The lowest BCUT2D eigenvalue weighted by Gasteiger charge is -2.51. The molecule has 0 bridgehead atoms. The van der Waals surface area contributed by atoms with Crippen molar-refractivity contribution < 1.29 is 218 Å². The van der Waals surface area contributed by atoms with Crippen molar-refractivity contribution in [3.63, 3.8) is 0 Å². The van der Waals surface area contributed by atoms with E-state index >= 15 is 0 Å². The number of carboxylic acids is 1. The fraction of sp³-hybridized carbons (Fsp3) is 0.915. The minimum Gasteiger partial charge on any atom is -0.477 e. The van der Waals surface area contributed by atoms with Gasteiger partial charge in [-0.1, -0.05) is 0 Å². The molecule has 0 spiro atoms. The molecule has 107 heavy (non-hydrogen) atoms. The van der Waals surface area contributed by atoms with Crippen molar-refractivity contribution in [2.24, 2.45) is 0 Å². The first-order valence-electron chi connectivity index (χ1n) is 33.7. The molecule has 29 N–H and O–H groups in total. The molecule has 620 valence electrons. The van der Waals surface area contributed by atoms with Crippen molar-refractivity contribution >= 4 is 29.6 Å². The zero-order valence-electron chi connectivity index (χ0n) is 57.5. The highest BCUT2D eigenvalue weighted by Crippen LogP contribution is 2.41. The molecule has 7 saturated heterocycles. The van der Waals surface area contributed by atoms with E-state index in [9.17, 15) is 152 Å². The minimum atomic E-state index is -3.34. The molecule has 0 unspecified atom stereocenters. The van der Waals surface area contributed by atoms with Crippen LogP contribution in [0.1, 0.15) is 34.1 Å². The second-order valence-electron chi connectivity index (χ2n) is 26.5. The number of nitrogens with one attached hydrogen (secondary N) is 4. The van der Waals surface area contributed by atoms with Gasteiger partial charge in [0.05, 0.1) is 77.6 Å². The molecule has 0 aliphatic carbocycles. The first-order chi connectivity index (χ1) is 50.4. The van der Waals surface area contributed by atoms with Gasteiger partial charge in [0, 0.05) is 34.1 Å². The number of ether oxygens (including phenoxy) is 14. The number of hydrogen-bond donors (Lipinski definition) is 29. The van der Waals surface area contributed by atoms with Gasteiger partial charge >= 0.3 is 5.97 Å². The average molecular weight is 1570 g/mol. The van der Waals surface area contributed by atoms with Gasteiger partial charge in [-0.05, 0) is 0 Å². The van der Waals surface area contributed by atoms with E-state index in [1.54, 1.807) is 0 Å². The summed E-state index contributed by atoms with van der Waals surface area (Å²) >= 11 is 0. The summed E-state index contributed by atoms with van der Waals surface area (Å²) in [5.41, 5.74) is 0. The number of amides is 4. The van der Waals surface area contributed by atoms with Gasteiger partial charge in [0.2, 0.25) is 23.6 Å². The van der Waals surface area contributed by atoms with Gasteiger partial charge < -0.3 is 215 Å². The smallest absolute Gasteiger partial charge is 0.364 e. The summed E-state index contributed by atoms with van der Waals surface area (Å²) in [4.78, 5) is 64.3. The number of carbonyl (C=O) groups is 5. The van der Waals surface area contributed by atoms with E-state index in [0.29, 0.717) is 0 Å². The molecule has 7 aliphatic heterocycles. The van der Waals surface area contributed by atoms with Gasteiger partial charge in [0.15, 0.2) is 37.7 Å². The fourth-order valence-electron chi connectivity index (χ4n) is 13.3. The molecule has 4 amide bonds. The summed E-state index contributed by atoms with van der Waals surface area (Å²) < 4.78 is 81.6. The van der Waals surface area contributed by atoms with Crippen molar-refractivity contribution in [3.05, 3.63) is 0 Å². The highest BCUT2D eigenvalue weighted by atomic mass is 16.8. The van der Waals surface area contributed by atoms with Crippen LogP contribution in [0, 0.1) is 0 Å². The van der Waals surface area contributed by atoms with Crippen molar-refractivity contribution in [2.75, 3.05) is 59.5 Å². The Morgan fingerprint density at radius 3 is 1.29 bits per heavy atom. The van der Waals surface area contributed by atoms with Gasteiger partial charge in [-0.2, -0.15) is 0 Å². The van der Waals surface area contributed by atoms with Crippen LogP contribution in [-0.4, -0.2) is 461 Å². The number of rotatable bonds is 33. The maximum atomic E-state index is 13.3. The van der Waals surface area contributed by atoms with E-state index in [1.165, 1.54) is 0 Å². The Morgan fingerprint density at radius 2 is 0.832 bits per heavy atom. The molecular weight excluding hydrogens is 1470 g/mol. The number of aliphatic hydroxyl groups excluding tert-OH is 24. The van der Waals surface area contributed by atoms with Crippen LogP contribution in [0.15, 0.2) is 0 Å². The van der Waals surface area contributed by atoms with E-state index in [1.807, 2.05) is 0 Å². The predicted molar refractivity (Wildman–Crippen MR) is 330 cm³/mol. The van der Waals surface area contributed by atoms with E-state index in [2.05, 4.69) is 21.3 Å². The number of aliphatic carboxylic acids is 1. The number of carboxylic acid groups (broad SMARTS) is 1. The third-order valence-electron chi connectivity index (χ3n) is 18.9. The second-order valence-corrected chi connectivity index (χ2v) is 26.5. The number of hydrogen-bond acceptors (Lipinski definition) is 43. The van der Waals surface area contributed by atoms with Crippen molar-refractivity contribution in [1.29, 1.82) is 0 Å². The Hall–Kier alpha value is -4.17. The Labute approximate surface area is 605 Å². The summed E-state index contributed by atoms with van der Waals surface area (Å²) in [6.07, 6.45) is -75.8.